The zero-order valence-corrected chi connectivity index (χ0v) is 11.6. The molecule has 104 valence electrons. The van der Waals surface area contributed by atoms with Gasteiger partial charge in [0.2, 0.25) is 0 Å². The lowest BCUT2D eigenvalue weighted by Crippen LogP contribution is -2.32. The summed E-state index contributed by atoms with van der Waals surface area (Å²) in [5.41, 5.74) is 6.46. The smallest absolute Gasteiger partial charge is 0.326 e. The third-order valence-electron chi connectivity index (χ3n) is 3.32. The molecule has 0 unspecified atom stereocenters. The predicted molar refractivity (Wildman–Crippen MR) is 74.6 cm³/mol. The number of imidazole rings is 1. The molecule has 0 aliphatic heterocycles. The zero-order chi connectivity index (χ0) is 14.2. The second-order valence-corrected chi connectivity index (χ2v) is 5.69. The van der Waals surface area contributed by atoms with E-state index in [1.165, 1.54) is 15.2 Å². The third-order valence-corrected chi connectivity index (χ3v) is 3.32. The van der Waals surface area contributed by atoms with Gasteiger partial charge in [-0.05, 0) is 38.8 Å². The standard InChI is InChI=1S/C14H20FN3O/c1-14(2,16)8-5-9-18-12-10(15)6-4-7-11(12)17(3)13(18)19/h4,6-7H,5,8-9,16H2,1-3H3. The largest absolute Gasteiger partial charge is 0.328 e. The fourth-order valence-corrected chi connectivity index (χ4v) is 2.32. The van der Waals surface area contributed by atoms with Gasteiger partial charge in [0.15, 0.2) is 0 Å². The fraction of sp³-hybridized carbons (Fsp3) is 0.500. The second kappa shape index (κ2) is 4.81. The zero-order valence-electron chi connectivity index (χ0n) is 11.6. The summed E-state index contributed by atoms with van der Waals surface area (Å²) in [5.74, 6) is -0.359. The van der Waals surface area contributed by atoms with Crippen molar-refractivity contribution in [3.05, 3.63) is 34.5 Å². The molecular formula is C14H20FN3O. The average molecular weight is 265 g/mol. The molecule has 0 saturated carbocycles. The highest BCUT2D eigenvalue weighted by molar-refractivity contribution is 5.76. The SMILES string of the molecule is Cn1c(=O)n(CCCC(C)(C)N)c2c(F)cccc21. The van der Waals surface area contributed by atoms with Crippen LogP contribution in [0.15, 0.2) is 23.0 Å². The molecule has 2 rings (SSSR count). The van der Waals surface area contributed by atoms with Crippen LogP contribution in [-0.4, -0.2) is 14.7 Å². The maximum atomic E-state index is 13.9. The van der Waals surface area contributed by atoms with Crippen molar-refractivity contribution in [2.75, 3.05) is 0 Å². The highest BCUT2D eigenvalue weighted by atomic mass is 19.1. The molecule has 19 heavy (non-hydrogen) atoms. The van der Waals surface area contributed by atoms with E-state index < -0.39 is 0 Å². The highest BCUT2D eigenvalue weighted by Crippen LogP contribution is 2.17. The highest BCUT2D eigenvalue weighted by Gasteiger charge is 2.15. The van der Waals surface area contributed by atoms with Crippen LogP contribution in [0, 0.1) is 5.82 Å². The number of nitrogens with zero attached hydrogens (tertiary/aromatic N) is 2. The molecule has 4 nitrogen and oxygen atoms in total. The van der Waals surface area contributed by atoms with Crippen LogP contribution in [0.5, 0.6) is 0 Å². The first-order chi connectivity index (χ1) is 8.81. The van der Waals surface area contributed by atoms with E-state index in [1.54, 1.807) is 19.2 Å². The van der Waals surface area contributed by atoms with Crippen LogP contribution in [0.25, 0.3) is 11.0 Å². The van der Waals surface area contributed by atoms with Crippen molar-refractivity contribution >= 4 is 11.0 Å². The maximum Gasteiger partial charge on any atom is 0.328 e. The van der Waals surface area contributed by atoms with Crippen LogP contribution in [0.2, 0.25) is 0 Å². The maximum absolute atomic E-state index is 13.9. The molecule has 0 atom stereocenters. The van der Waals surface area contributed by atoms with Crippen molar-refractivity contribution in [1.82, 2.24) is 9.13 Å². The summed E-state index contributed by atoms with van der Waals surface area (Å²) >= 11 is 0. The lowest BCUT2D eigenvalue weighted by Gasteiger charge is -2.17. The van der Waals surface area contributed by atoms with Crippen LogP contribution >= 0.6 is 0 Å². The van der Waals surface area contributed by atoms with Gasteiger partial charge in [-0.1, -0.05) is 6.07 Å². The Hall–Kier alpha value is -1.62. The van der Waals surface area contributed by atoms with E-state index in [0.717, 1.165) is 12.8 Å². The number of hydrogen-bond donors (Lipinski definition) is 1. The fourth-order valence-electron chi connectivity index (χ4n) is 2.32. The number of fused-ring (bicyclic) bond motifs is 1. The Labute approximate surface area is 111 Å². The van der Waals surface area contributed by atoms with Crippen molar-refractivity contribution < 1.29 is 4.39 Å². The number of benzene rings is 1. The van der Waals surface area contributed by atoms with Gasteiger partial charge in [-0.2, -0.15) is 0 Å². The van der Waals surface area contributed by atoms with Gasteiger partial charge in [-0.15, -0.1) is 0 Å². The number of halogens is 1. The molecule has 0 spiro atoms. The Morgan fingerprint density at radius 2 is 2.05 bits per heavy atom. The lowest BCUT2D eigenvalue weighted by atomic mass is 10.0. The number of rotatable bonds is 4. The Bertz CT molecular complexity index is 649. The molecule has 0 aliphatic rings. The summed E-state index contributed by atoms with van der Waals surface area (Å²) in [6.07, 6.45) is 1.53. The van der Waals surface area contributed by atoms with E-state index in [9.17, 15) is 9.18 Å². The summed E-state index contributed by atoms with van der Waals surface area (Å²) in [7, 11) is 1.66. The molecule has 2 aromatic rings. The minimum atomic E-state index is -0.359. The molecule has 0 bridgehead atoms. The summed E-state index contributed by atoms with van der Waals surface area (Å²) in [6, 6.07) is 4.75. The van der Waals surface area contributed by atoms with Crippen molar-refractivity contribution in [1.29, 1.82) is 0 Å². The van der Waals surface area contributed by atoms with E-state index >= 15 is 0 Å². The van der Waals surface area contributed by atoms with Crippen molar-refractivity contribution in [2.45, 2.75) is 38.8 Å². The van der Waals surface area contributed by atoms with Crippen LogP contribution in [0.1, 0.15) is 26.7 Å². The Morgan fingerprint density at radius 3 is 2.68 bits per heavy atom. The Kier molecular flexibility index (Phi) is 3.49. The first kappa shape index (κ1) is 13.8. The van der Waals surface area contributed by atoms with Crippen LogP contribution in [0.4, 0.5) is 4.39 Å². The van der Waals surface area contributed by atoms with E-state index in [2.05, 4.69) is 0 Å². The van der Waals surface area contributed by atoms with Crippen LogP contribution in [-0.2, 0) is 13.6 Å². The average Bonchev–Trinajstić information content (AvgIpc) is 2.54. The van der Waals surface area contributed by atoms with E-state index in [4.69, 9.17) is 5.73 Å². The number of aryl methyl sites for hydroxylation is 2. The van der Waals surface area contributed by atoms with Gasteiger partial charge in [-0.25, -0.2) is 9.18 Å². The van der Waals surface area contributed by atoms with E-state index in [1.807, 2.05) is 13.8 Å². The first-order valence-corrected chi connectivity index (χ1v) is 6.44. The molecular weight excluding hydrogens is 245 g/mol. The van der Waals surface area contributed by atoms with Gasteiger partial charge in [0.25, 0.3) is 0 Å². The monoisotopic (exact) mass is 265 g/mol. The van der Waals surface area contributed by atoms with Crippen molar-refractivity contribution in [3.8, 4) is 0 Å². The summed E-state index contributed by atoms with van der Waals surface area (Å²) in [4.78, 5) is 12.1. The van der Waals surface area contributed by atoms with E-state index in [0.29, 0.717) is 17.6 Å². The minimum Gasteiger partial charge on any atom is -0.326 e. The molecule has 0 amide bonds. The molecule has 5 heteroatoms. The number of nitrogens with two attached hydrogens (primary N) is 1. The number of aromatic nitrogens is 2. The minimum absolute atomic E-state index is 0.185. The Morgan fingerprint density at radius 1 is 1.37 bits per heavy atom. The van der Waals surface area contributed by atoms with Crippen LogP contribution < -0.4 is 11.4 Å². The van der Waals surface area contributed by atoms with Crippen LogP contribution in [0.3, 0.4) is 0 Å². The number of hydrogen-bond acceptors (Lipinski definition) is 2. The second-order valence-electron chi connectivity index (χ2n) is 5.69. The van der Waals surface area contributed by atoms with Gasteiger partial charge < -0.3 is 5.73 Å². The summed E-state index contributed by atoms with van der Waals surface area (Å²) in [6.45, 7) is 4.37. The predicted octanol–water partition coefficient (Wildman–Crippen LogP) is 2.00. The van der Waals surface area contributed by atoms with Gasteiger partial charge in [0, 0.05) is 19.1 Å². The molecule has 0 aliphatic carbocycles. The van der Waals surface area contributed by atoms with E-state index in [-0.39, 0.29) is 17.0 Å². The molecule has 1 aromatic heterocycles. The molecule has 0 fully saturated rings. The van der Waals surface area contributed by atoms with Gasteiger partial charge in [0.05, 0.1) is 5.52 Å². The molecule has 1 aromatic carbocycles. The van der Waals surface area contributed by atoms with Gasteiger partial charge >= 0.3 is 5.69 Å². The molecule has 0 saturated heterocycles. The molecule has 1 heterocycles. The first-order valence-electron chi connectivity index (χ1n) is 6.44. The summed E-state index contributed by atoms with van der Waals surface area (Å²) in [5, 5.41) is 0. The molecule has 2 N–H and O–H groups in total. The Balaban J connectivity index is 2.38. The number of para-hydroxylation sites is 1. The third kappa shape index (κ3) is 2.71. The lowest BCUT2D eigenvalue weighted by molar-refractivity contribution is 0.436. The van der Waals surface area contributed by atoms with Crippen molar-refractivity contribution in [2.24, 2.45) is 12.8 Å². The topological polar surface area (TPSA) is 53.0 Å². The molecule has 0 radical (unpaired) electrons. The quantitative estimate of drug-likeness (QED) is 0.919. The van der Waals surface area contributed by atoms with Gasteiger partial charge in [0.1, 0.15) is 11.3 Å². The summed E-state index contributed by atoms with van der Waals surface area (Å²) < 4.78 is 16.9. The van der Waals surface area contributed by atoms with Gasteiger partial charge in [-0.3, -0.25) is 9.13 Å². The van der Waals surface area contributed by atoms with Crippen molar-refractivity contribution in [3.63, 3.8) is 0 Å². The normalized spacial score (nSPS) is 12.3.